The van der Waals surface area contributed by atoms with E-state index in [0.717, 1.165) is 5.56 Å². The van der Waals surface area contributed by atoms with Crippen LogP contribution in [0.4, 0.5) is 0 Å². The molecule has 0 spiro atoms. The summed E-state index contributed by atoms with van der Waals surface area (Å²) in [6, 6.07) is 5.39. The number of rotatable bonds is 4. The van der Waals surface area contributed by atoms with Crippen LogP contribution in [0.1, 0.15) is 51.3 Å². The maximum Gasteiger partial charge on any atom is 0.342 e. The Morgan fingerprint density at radius 1 is 1.08 bits per heavy atom. The third-order valence-electron chi connectivity index (χ3n) is 3.81. The largest absolute Gasteiger partial charge is 0.507 e. The van der Waals surface area contributed by atoms with E-state index in [4.69, 9.17) is 16.3 Å². The highest BCUT2D eigenvalue weighted by Crippen LogP contribution is 2.34. The number of hydrogen-bond donors (Lipinski definition) is 2. The van der Waals surface area contributed by atoms with Gasteiger partial charge in [0.15, 0.2) is 5.78 Å². The number of phenolic OH excluding ortho intramolecular Hbond substituents is 2. The first-order valence-electron chi connectivity index (χ1n) is 7.70. The van der Waals surface area contributed by atoms with E-state index in [2.05, 4.69) is 0 Å². The molecule has 2 aromatic carbocycles. The van der Waals surface area contributed by atoms with Crippen LogP contribution in [0.3, 0.4) is 0 Å². The van der Waals surface area contributed by atoms with Crippen LogP contribution in [0.25, 0.3) is 0 Å². The molecule has 6 heteroatoms. The fourth-order valence-corrected chi connectivity index (χ4v) is 2.56. The molecule has 25 heavy (non-hydrogen) atoms. The number of halogens is 1. The van der Waals surface area contributed by atoms with Gasteiger partial charge in [-0.05, 0) is 63.1 Å². The molecule has 0 saturated carbocycles. The second-order valence-corrected chi connectivity index (χ2v) is 6.42. The lowest BCUT2D eigenvalue weighted by Gasteiger charge is -2.12. The molecule has 0 amide bonds. The fraction of sp³-hybridized carbons (Fsp3) is 0.263. The van der Waals surface area contributed by atoms with Gasteiger partial charge in [-0.2, -0.15) is 0 Å². The molecule has 0 saturated heterocycles. The summed E-state index contributed by atoms with van der Waals surface area (Å²) in [6.45, 7) is 6.88. The van der Waals surface area contributed by atoms with Gasteiger partial charge in [0.25, 0.3) is 0 Å². The zero-order valence-corrected chi connectivity index (χ0v) is 15.1. The molecular formula is C19H19ClO5. The quantitative estimate of drug-likeness (QED) is 0.630. The van der Waals surface area contributed by atoms with E-state index in [-0.39, 0.29) is 39.3 Å². The molecule has 132 valence electrons. The van der Waals surface area contributed by atoms with Crippen LogP contribution in [0, 0.1) is 13.8 Å². The van der Waals surface area contributed by atoms with E-state index in [1.54, 1.807) is 27.7 Å². The highest BCUT2D eigenvalue weighted by molar-refractivity contribution is 6.33. The highest BCUT2D eigenvalue weighted by Gasteiger charge is 2.22. The lowest BCUT2D eigenvalue weighted by molar-refractivity contribution is 0.0374. The van der Waals surface area contributed by atoms with E-state index in [1.807, 2.05) is 0 Å². The topological polar surface area (TPSA) is 83.8 Å². The van der Waals surface area contributed by atoms with Crippen molar-refractivity contribution in [1.82, 2.24) is 0 Å². The summed E-state index contributed by atoms with van der Waals surface area (Å²) < 4.78 is 5.05. The second-order valence-electron chi connectivity index (χ2n) is 6.04. The van der Waals surface area contributed by atoms with Crippen LogP contribution in [0.5, 0.6) is 11.5 Å². The van der Waals surface area contributed by atoms with E-state index >= 15 is 0 Å². The molecule has 0 atom stereocenters. The molecule has 0 fully saturated rings. The number of esters is 1. The number of benzene rings is 2. The summed E-state index contributed by atoms with van der Waals surface area (Å²) in [5.74, 6) is -1.84. The van der Waals surface area contributed by atoms with Gasteiger partial charge >= 0.3 is 5.97 Å². The van der Waals surface area contributed by atoms with Gasteiger partial charge in [-0.1, -0.05) is 11.6 Å². The Hall–Kier alpha value is -2.53. The first-order valence-corrected chi connectivity index (χ1v) is 8.08. The zero-order valence-electron chi connectivity index (χ0n) is 14.4. The van der Waals surface area contributed by atoms with E-state index in [1.165, 1.54) is 24.3 Å². The van der Waals surface area contributed by atoms with Gasteiger partial charge in [0.2, 0.25) is 0 Å². The Kier molecular flexibility index (Phi) is 5.38. The van der Waals surface area contributed by atoms with Crippen molar-refractivity contribution in [3.8, 4) is 11.5 Å². The molecule has 0 aromatic heterocycles. The number of carbonyl (C=O) groups excluding carboxylic acids is 2. The molecule has 0 aliphatic heterocycles. The standard InChI is InChI=1S/C19H19ClO5/c1-9(2)25-19(24)13-8-12(5-6-15(13)21)17(22)14-7-10(3)11(4)16(20)18(14)23/h5-9,21,23H,1-4H3. The number of aryl methyl sites for hydroxylation is 1. The maximum absolute atomic E-state index is 12.7. The van der Waals surface area contributed by atoms with E-state index in [9.17, 15) is 19.8 Å². The lowest BCUT2D eigenvalue weighted by atomic mass is 9.96. The van der Waals surface area contributed by atoms with Crippen LogP contribution in [0.2, 0.25) is 5.02 Å². The van der Waals surface area contributed by atoms with Crippen molar-refractivity contribution in [2.24, 2.45) is 0 Å². The monoisotopic (exact) mass is 362 g/mol. The van der Waals surface area contributed by atoms with Crippen molar-refractivity contribution in [2.75, 3.05) is 0 Å². The van der Waals surface area contributed by atoms with Crippen molar-refractivity contribution in [1.29, 1.82) is 0 Å². The van der Waals surface area contributed by atoms with Crippen molar-refractivity contribution < 1.29 is 24.5 Å². The van der Waals surface area contributed by atoms with Crippen molar-refractivity contribution in [2.45, 2.75) is 33.8 Å². The SMILES string of the molecule is Cc1cc(C(=O)c2ccc(O)c(C(=O)OC(C)C)c2)c(O)c(Cl)c1C. The molecule has 5 nitrogen and oxygen atoms in total. The summed E-state index contributed by atoms with van der Waals surface area (Å²) in [5.41, 5.74) is 1.48. The third-order valence-corrected chi connectivity index (χ3v) is 4.27. The Morgan fingerprint density at radius 2 is 1.72 bits per heavy atom. The molecule has 0 aliphatic rings. The Bertz CT molecular complexity index is 855. The highest BCUT2D eigenvalue weighted by atomic mass is 35.5. The summed E-state index contributed by atoms with van der Waals surface area (Å²) >= 11 is 6.07. The minimum atomic E-state index is -0.732. The smallest absolute Gasteiger partial charge is 0.342 e. The molecular weight excluding hydrogens is 344 g/mol. The molecule has 2 N–H and O–H groups in total. The molecule has 0 radical (unpaired) electrons. The van der Waals surface area contributed by atoms with Gasteiger partial charge in [-0.3, -0.25) is 4.79 Å². The molecule has 0 aliphatic carbocycles. The summed E-state index contributed by atoms with van der Waals surface area (Å²) in [5, 5.41) is 20.2. The number of aromatic hydroxyl groups is 2. The Morgan fingerprint density at radius 3 is 2.32 bits per heavy atom. The van der Waals surface area contributed by atoms with Crippen LogP contribution in [-0.4, -0.2) is 28.1 Å². The minimum absolute atomic E-state index is 0.0296. The van der Waals surface area contributed by atoms with Gasteiger partial charge < -0.3 is 14.9 Å². The fourth-order valence-electron chi connectivity index (χ4n) is 2.31. The van der Waals surface area contributed by atoms with Gasteiger partial charge in [-0.15, -0.1) is 0 Å². The van der Waals surface area contributed by atoms with Crippen molar-refractivity contribution in [3.05, 3.63) is 57.1 Å². The van der Waals surface area contributed by atoms with Gasteiger partial charge in [-0.25, -0.2) is 4.79 Å². The average molecular weight is 363 g/mol. The third kappa shape index (κ3) is 3.77. The summed E-state index contributed by atoms with van der Waals surface area (Å²) in [7, 11) is 0. The first kappa shape index (κ1) is 18.8. The van der Waals surface area contributed by atoms with Crippen LogP contribution in [-0.2, 0) is 4.74 Å². The number of carbonyl (C=O) groups is 2. The Balaban J connectivity index is 2.50. The van der Waals surface area contributed by atoms with E-state index < -0.39 is 11.8 Å². The zero-order chi connectivity index (χ0) is 18.9. The number of hydrogen-bond acceptors (Lipinski definition) is 5. The minimum Gasteiger partial charge on any atom is -0.507 e. The van der Waals surface area contributed by atoms with Crippen LogP contribution in [0.15, 0.2) is 24.3 Å². The average Bonchev–Trinajstić information content (AvgIpc) is 2.55. The molecule has 0 bridgehead atoms. The molecule has 2 aromatic rings. The summed E-state index contributed by atoms with van der Waals surface area (Å²) in [4.78, 5) is 24.8. The van der Waals surface area contributed by atoms with Crippen LogP contribution >= 0.6 is 11.6 Å². The van der Waals surface area contributed by atoms with Crippen molar-refractivity contribution >= 4 is 23.4 Å². The Labute approximate surface area is 150 Å². The number of phenols is 2. The molecule has 0 unspecified atom stereocenters. The van der Waals surface area contributed by atoms with Crippen LogP contribution < -0.4 is 0 Å². The maximum atomic E-state index is 12.7. The van der Waals surface area contributed by atoms with Gasteiger partial charge in [0.05, 0.1) is 16.7 Å². The number of ketones is 1. The predicted octanol–water partition coefficient (Wildman–Crippen LogP) is 4.16. The van der Waals surface area contributed by atoms with E-state index in [0.29, 0.717) is 5.56 Å². The lowest BCUT2D eigenvalue weighted by Crippen LogP contribution is -2.13. The molecule has 2 rings (SSSR count). The first-order chi connectivity index (χ1) is 11.6. The second kappa shape index (κ2) is 7.15. The predicted molar refractivity (Wildman–Crippen MR) is 94.7 cm³/mol. The normalized spacial score (nSPS) is 10.8. The number of ether oxygens (including phenoxy) is 1. The molecule has 0 heterocycles. The van der Waals surface area contributed by atoms with Gasteiger partial charge in [0.1, 0.15) is 17.1 Å². The van der Waals surface area contributed by atoms with Crippen molar-refractivity contribution in [3.63, 3.8) is 0 Å². The van der Waals surface area contributed by atoms with Gasteiger partial charge in [0, 0.05) is 5.56 Å². The summed E-state index contributed by atoms with van der Waals surface area (Å²) in [6.07, 6.45) is -0.367.